The van der Waals surface area contributed by atoms with Crippen LogP contribution in [0.5, 0.6) is 11.5 Å². The summed E-state index contributed by atoms with van der Waals surface area (Å²) < 4.78 is 29.5. The molecule has 0 saturated carbocycles. The number of anilines is 1. The van der Waals surface area contributed by atoms with Crippen LogP contribution in [0.2, 0.25) is 0 Å². The van der Waals surface area contributed by atoms with E-state index in [1.807, 2.05) is 23.1 Å². The lowest BCUT2D eigenvalue weighted by molar-refractivity contribution is 0.174. The quantitative estimate of drug-likeness (QED) is 0.708. The monoisotopic (exact) mass is 341 g/mol. The second-order valence-electron chi connectivity index (χ2n) is 5.73. The lowest BCUT2D eigenvalue weighted by Crippen LogP contribution is -2.22. The van der Waals surface area contributed by atoms with Crippen molar-refractivity contribution in [2.45, 2.75) is 20.0 Å². The number of rotatable bonds is 5. The van der Waals surface area contributed by atoms with Gasteiger partial charge in [-0.15, -0.1) is 10.2 Å². The average molecular weight is 341 g/mol. The number of hydrogen-bond donors (Lipinski definition) is 0. The topological polar surface area (TPSA) is 60.6 Å². The summed E-state index contributed by atoms with van der Waals surface area (Å²) in [6, 6.07) is 12.1. The SMILES string of the molecule is Cc1nnc(CN(Cc2ccc3c(c2)OCO3)c2ccc(F)cc2)o1. The van der Waals surface area contributed by atoms with E-state index in [1.165, 1.54) is 12.1 Å². The van der Waals surface area contributed by atoms with Gasteiger partial charge in [-0.2, -0.15) is 0 Å². The number of benzene rings is 2. The summed E-state index contributed by atoms with van der Waals surface area (Å²) in [6.07, 6.45) is 0. The fourth-order valence-electron chi connectivity index (χ4n) is 2.71. The van der Waals surface area contributed by atoms with E-state index in [2.05, 4.69) is 10.2 Å². The van der Waals surface area contributed by atoms with Crippen molar-refractivity contribution in [1.29, 1.82) is 0 Å². The Kier molecular flexibility index (Phi) is 3.97. The number of halogens is 1. The molecule has 0 N–H and O–H groups in total. The maximum absolute atomic E-state index is 13.3. The Morgan fingerprint density at radius 1 is 1.00 bits per heavy atom. The minimum atomic E-state index is -0.277. The number of ether oxygens (including phenoxy) is 2. The van der Waals surface area contributed by atoms with Crippen LogP contribution in [0.1, 0.15) is 17.3 Å². The van der Waals surface area contributed by atoms with Gasteiger partial charge in [0.1, 0.15) is 5.82 Å². The number of fused-ring (bicyclic) bond motifs is 1. The third-order valence-electron chi connectivity index (χ3n) is 3.90. The second kappa shape index (κ2) is 6.43. The molecule has 0 radical (unpaired) electrons. The molecule has 1 aliphatic heterocycles. The summed E-state index contributed by atoms with van der Waals surface area (Å²) >= 11 is 0. The highest BCUT2D eigenvalue weighted by Gasteiger charge is 2.17. The highest BCUT2D eigenvalue weighted by atomic mass is 19.1. The van der Waals surface area contributed by atoms with Gasteiger partial charge < -0.3 is 18.8 Å². The summed E-state index contributed by atoms with van der Waals surface area (Å²) in [5, 5.41) is 7.91. The molecular formula is C18H16FN3O3. The van der Waals surface area contributed by atoms with Gasteiger partial charge in [-0.1, -0.05) is 6.07 Å². The van der Waals surface area contributed by atoms with Gasteiger partial charge in [-0.25, -0.2) is 4.39 Å². The number of aromatic nitrogens is 2. The molecule has 0 bridgehead atoms. The standard InChI is InChI=1S/C18H16FN3O3/c1-12-20-21-18(25-12)10-22(15-5-3-14(19)4-6-15)9-13-2-7-16-17(8-13)24-11-23-16/h2-8H,9-11H2,1H3. The number of aryl methyl sites for hydroxylation is 1. The van der Waals surface area contributed by atoms with Crippen molar-refractivity contribution in [2.24, 2.45) is 0 Å². The molecule has 25 heavy (non-hydrogen) atoms. The van der Waals surface area contributed by atoms with Crippen LogP contribution in [0.3, 0.4) is 0 Å². The van der Waals surface area contributed by atoms with Gasteiger partial charge in [-0.3, -0.25) is 0 Å². The zero-order chi connectivity index (χ0) is 17.2. The Balaban J connectivity index is 1.61. The van der Waals surface area contributed by atoms with Crippen LogP contribution in [0, 0.1) is 12.7 Å². The largest absolute Gasteiger partial charge is 0.454 e. The van der Waals surface area contributed by atoms with E-state index in [-0.39, 0.29) is 12.6 Å². The molecule has 0 spiro atoms. The van der Waals surface area contributed by atoms with Gasteiger partial charge >= 0.3 is 0 Å². The van der Waals surface area contributed by atoms with Crippen LogP contribution < -0.4 is 14.4 Å². The Hall–Kier alpha value is -3.09. The molecule has 0 saturated heterocycles. The summed E-state index contributed by atoms with van der Waals surface area (Å²) in [4.78, 5) is 2.03. The Bertz CT molecular complexity index is 880. The zero-order valence-corrected chi connectivity index (χ0v) is 13.6. The van der Waals surface area contributed by atoms with Crippen LogP contribution in [0.4, 0.5) is 10.1 Å². The summed E-state index contributed by atoms with van der Waals surface area (Å²) in [5.41, 5.74) is 1.89. The molecular weight excluding hydrogens is 325 g/mol. The van der Waals surface area contributed by atoms with E-state index in [0.29, 0.717) is 24.9 Å². The minimum Gasteiger partial charge on any atom is -0.454 e. The molecule has 7 heteroatoms. The van der Waals surface area contributed by atoms with Gasteiger partial charge in [-0.05, 0) is 42.0 Å². The maximum Gasteiger partial charge on any atom is 0.235 e. The van der Waals surface area contributed by atoms with Crippen LogP contribution >= 0.6 is 0 Å². The summed E-state index contributed by atoms with van der Waals surface area (Å²) in [5.74, 6) is 2.20. The van der Waals surface area contributed by atoms with E-state index in [0.717, 1.165) is 22.7 Å². The molecule has 0 amide bonds. The summed E-state index contributed by atoms with van der Waals surface area (Å²) in [7, 11) is 0. The fourth-order valence-corrected chi connectivity index (χ4v) is 2.71. The lowest BCUT2D eigenvalue weighted by atomic mass is 10.1. The fraction of sp³-hybridized carbons (Fsp3) is 0.222. The molecule has 3 aromatic rings. The molecule has 0 unspecified atom stereocenters. The Labute approximate surface area is 143 Å². The second-order valence-corrected chi connectivity index (χ2v) is 5.73. The molecule has 0 fully saturated rings. The normalized spacial score (nSPS) is 12.4. The van der Waals surface area contributed by atoms with Crippen LogP contribution in [0.25, 0.3) is 0 Å². The van der Waals surface area contributed by atoms with Crippen LogP contribution in [-0.4, -0.2) is 17.0 Å². The first kappa shape index (κ1) is 15.4. The maximum atomic E-state index is 13.3. The van der Waals surface area contributed by atoms with Gasteiger partial charge in [0.15, 0.2) is 11.5 Å². The van der Waals surface area contributed by atoms with Crippen molar-refractivity contribution in [3.8, 4) is 11.5 Å². The van der Waals surface area contributed by atoms with Gasteiger partial charge in [0, 0.05) is 19.2 Å². The number of nitrogens with zero attached hydrogens (tertiary/aromatic N) is 3. The average Bonchev–Trinajstić information content (AvgIpc) is 3.23. The van der Waals surface area contributed by atoms with E-state index < -0.39 is 0 Å². The zero-order valence-electron chi connectivity index (χ0n) is 13.6. The van der Waals surface area contributed by atoms with Crippen molar-refractivity contribution < 1.29 is 18.3 Å². The first-order valence-electron chi connectivity index (χ1n) is 7.85. The molecule has 1 aromatic heterocycles. The van der Waals surface area contributed by atoms with E-state index >= 15 is 0 Å². The van der Waals surface area contributed by atoms with Crippen LogP contribution in [0.15, 0.2) is 46.9 Å². The van der Waals surface area contributed by atoms with Gasteiger partial charge in [0.05, 0.1) is 6.54 Å². The van der Waals surface area contributed by atoms with Crippen molar-refractivity contribution in [3.05, 3.63) is 65.6 Å². The molecule has 1 aliphatic rings. The Morgan fingerprint density at radius 3 is 2.56 bits per heavy atom. The van der Waals surface area contributed by atoms with Crippen molar-refractivity contribution >= 4 is 5.69 Å². The van der Waals surface area contributed by atoms with Crippen molar-refractivity contribution in [2.75, 3.05) is 11.7 Å². The third kappa shape index (κ3) is 3.40. The van der Waals surface area contributed by atoms with Crippen molar-refractivity contribution in [1.82, 2.24) is 10.2 Å². The third-order valence-corrected chi connectivity index (χ3v) is 3.90. The molecule has 0 aliphatic carbocycles. The molecule has 0 atom stereocenters. The van der Waals surface area contributed by atoms with Crippen molar-refractivity contribution in [3.63, 3.8) is 0 Å². The highest BCUT2D eigenvalue weighted by molar-refractivity contribution is 5.49. The molecule has 128 valence electrons. The first-order valence-corrected chi connectivity index (χ1v) is 7.85. The first-order chi connectivity index (χ1) is 12.2. The molecule has 2 aromatic carbocycles. The van der Waals surface area contributed by atoms with E-state index in [1.54, 1.807) is 19.1 Å². The van der Waals surface area contributed by atoms with E-state index in [9.17, 15) is 4.39 Å². The predicted octanol–water partition coefficient (Wildman–Crippen LogP) is 3.45. The lowest BCUT2D eigenvalue weighted by Gasteiger charge is -2.23. The smallest absolute Gasteiger partial charge is 0.235 e. The molecule has 4 rings (SSSR count). The van der Waals surface area contributed by atoms with Crippen LogP contribution in [-0.2, 0) is 13.1 Å². The number of hydrogen-bond acceptors (Lipinski definition) is 6. The highest BCUT2D eigenvalue weighted by Crippen LogP contribution is 2.33. The predicted molar refractivity (Wildman–Crippen MR) is 87.9 cm³/mol. The van der Waals surface area contributed by atoms with E-state index in [4.69, 9.17) is 13.9 Å². The van der Waals surface area contributed by atoms with Gasteiger partial charge in [0.2, 0.25) is 18.6 Å². The minimum absolute atomic E-state index is 0.238. The molecule has 2 heterocycles. The van der Waals surface area contributed by atoms with Gasteiger partial charge in [0.25, 0.3) is 0 Å². The summed E-state index contributed by atoms with van der Waals surface area (Å²) in [6.45, 7) is 2.98. The Morgan fingerprint density at radius 2 is 1.80 bits per heavy atom. The molecule has 6 nitrogen and oxygen atoms in total.